The number of hydrogen-bond acceptors (Lipinski definition) is 24. The Kier molecular flexibility index (Phi) is 24.0. The quantitative estimate of drug-likeness (QED) is 0.0446. The zero-order valence-corrected chi connectivity index (χ0v) is 64.8. The van der Waals surface area contributed by atoms with Gasteiger partial charge in [0.1, 0.15) is 70.3 Å². The second-order valence-corrected chi connectivity index (χ2v) is 35.6. The summed E-state index contributed by atoms with van der Waals surface area (Å²) in [5.41, 5.74) is -3.61. The van der Waals surface area contributed by atoms with E-state index in [-0.39, 0.29) is 84.1 Å². The van der Waals surface area contributed by atoms with Crippen LogP contribution < -0.4 is 36.0 Å². The van der Waals surface area contributed by atoms with Crippen molar-refractivity contribution in [2.75, 3.05) is 33.2 Å². The molecule has 0 aromatic heterocycles. The molecule has 36 nitrogen and oxygen atoms in total. The van der Waals surface area contributed by atoms with Gasteiger partial charge in [-0.25, -0.2) is 44.8 Å². The third kappa shape index (κ3) is 19.6. The summed E-state index contributed by atoms with van der Waals surface area (Å²) in [5.74, 6) is -10.4. The summed E-state index contributed by atoms with van der Waals surface area (Å²) in [6.45, 7) is 15.1. The molecule has 113 heavy (non-hydrogen) atoms. The van der Waals surface area contributed by atoms with Crippen molar-refractivity contribution in [1.29, 1.82) is 0 Å². The Bertz CT molecular complexity index is 4490. The Balaban J connectivity index is 0.000000223. The molecule has 0 radical (unpaired) electrons. The number of alkyl carbamates (subject to hydrolysis) is 2. The van der Waals surface area contributed by atoms with E-state index in [2.05, 4.69) is 49.2 Å². The van der Waals surface area contributed by atoms with Crippen molar-refractivity contribution < 1.29 is 121 Å². The maximum Gasteiger partial charge on any atom is 0.410 e. The molecule has 12 amide bonds. The molecule has 7 N–H and O–H groups in total. The lowest BCUT2D eigenvalue weighted by molar-refractivity contribution is -0.153. The average molecular weight is 1620 g/mol. The summed E-state index contributed by atoms with van der Waals surface area (Å²) in [6.07, 6.45) is -4.23. The van der Waals surface area contributed by atoms with Crippen LogP contribution >= 0.6 is 0 Å². The van der Waals surface area contributed by atoms with Crippen LogP contribution in [-0.2, 0) is 123 Å². The largest absolute Gasteiger partial charge is 0.452 e. The van der Waals surface area contributed by atoms with E-state index in [1.165, 1.54) is 53.3 Å². The second kappa shape index (κ2) is 32.5. The zero-order chi connectivity index (χ0) is 82.4. The zero-order valence-electron chi connectivity index (χ0n) is 63.2. The van der Waals surface area contributed by atoms with Gasteiger partial charge in [0, 0.05) is 94.7 Å². The molecule has 4 saturated carbocycles. The minimum Gasteiger partial charge on any atom is -0.452 e. The number of carbonyl (C=O) groups is 14. The summed E-state index contributed by atoms with van der Waals surface area (Å²) >= 11 is 0. The van der Waals surface area contributed by atoms with Gasteiger partial charge in [-0.2, -0.15) is 0 Å². The number of nitrogens with zero attached hydrogens (tertiary/aromatic N) is 5. The smallest absolute Gasteiger partial charge is 0.410 e. The molecule has 0 unspecified atom stereocenters. The second-order valence-electron chi connectivity index (χ2n) is 31.7. The number of rotatable bonds is 24. The molecule has 40 heteroatoms. The van der Waals surface area contributed by atoms with E-state index in [1.54, 1.807) is 53.7 Å². The van der Waals surface area contributed by atoms with Crippen LogP contribution in [0.4, 0.5) is 28.0 Å². The van der Waals surface area contributed by atoms with Crippen LogP contribution in [0.2, 0.25) is 0 Å². The highest BCUT2D eigenvalue weighted by molar-refractivity contribution is 7.91. The van der Waals surface area contributed by atoms with E-state index in [0.29, 0.717) is 47.9 Å². The van der Waals surface area contributed by atoms with Crippen molar-refractivity contribution in [3.8, 4) is 0 Å². The van der Waals surface area contributed by atoms with Crippen LogP contribution in [-0.4, -0.2) is 239 Å². The van der Waals surface area contributed by atoms with Crippen molar-refractivity contribution in [2.24, 2.45) is 11.8 Å². The fourth-order valence-corrected chi connectivity index (χ4v) is 17.0. The first-order chi connectivity index (χ1) is 53.0. The standard InChI is InChI=1S/C37H47FN6O12S.C36H45FN6O12S/c1-6-21-15-37(21,33(49)41-57(52,53)23-10-11-23)40-30(46)27-14-22(54-35(51)43-16-20-8-7-9-25(38)24(20)18-43)17-44(27)31(47)26(39-34(50)56-36(2,3)4)19-42(5)32(48)28-12-13-29(45)55-28;1-5-20-14-36(20,32(48)41-56(51,52)22-9-10-22)40-29(45)26-13-21(53-34(50)42-16-19-7-6-8-24(37)23(19)18-42)17-43(26)31(47)25(39-33(49)55-35(2,3)4)15-38-30(46)27-11-12-28(44)54-27/h6-9,21-23,26-28H,1,10-19H2,2-5H3,(H,39,50)(H,40,46)(H,41,49);5-8,20-22,25-27H,1,9-18H2,2-4H3,(H,38,46)(H,39,49)(H,40,45)(H,41,48)/t21-,22-,26+,27+,28+,37-;20-,21-,25+,26+,27-,36-/m11/s1. The number of likely N-dealkylation sites (tertiary alicyclic amines) is 2. The highest BCUT2D eigenvalue weighted by Gasteiger charge is 2.64. The van der Waals surface area contributed by atoms with Gasteiger partial charge in [0.2, 0.25) is 43.7 Å². The summed E-state index contributed by atoms with van der Waals surface area (Å²) in [6, 6.07) is 2.90. The van der Waals surface area contributed by atoms with Gasteiger partial charge < -0.3 is 69.7 Å². The molecular formula is C73H92F2N12O24S2. The summed E-state index contributed by atoms with van der Waals surface area (Å²) < 4.78 is 116. The first-order valence-corrected chi connectivity index (χ1v) is 40.1. The fourth-order valence-electron chi connectivity index (χ4n) is 14.3. The Morgan fingerprint density at radius 2 is 1.00 bits per heavy atom. The molecule has 4 saturated heterocycles. The number of nitrogens with one attached hydrogen (secondary N) is 7. The molecule has 2 aromatic carbocycles. The van der Waals surface area contributed by atoms with E-state index in [9.17, 15) is 92.7 Å². The molecule has 8 fully saturated rings. The van der Waals surface area contributed by atoms with Gasteiger partial charge in [-0.1, -0.05) is 36.4 Å². The highest BCUT2D eigenvalue weighted by atomic mass is 32.2. The van der Waals surface area contributed by atoms with Crippen molar-refractivity contribution in [3.63, 3.8) is 0 Å². The maximum atomic E-state index is 14.6. The van der Waals surface area contributed by atoms with Crippen LogP contribution in [0.5, 0.6) is 0 Å². The van der Waals surface area contributed by atoms with E-state index >= 15 is 0 Å². The first kappa shape index (κ1) is 83.4. The lowest BCUT2D eigenvalue weighted by Crippen LogP contribution is -2.60. The molecular weight excluding hydrogens is 1530 g/mol. The summed E-state index contributed by atoms with van der Waals surface area (Å²) in [5, 5.41) is 11.2. The van der Waals surface area contributed by atoms with Crippen LogP contribution in [0.3, 0.4) is 0 Å². The molecule has 10 aliphatic rings. The molecule has 12 rings (SSSR count). The highest BCUT2D eigenvalue weighted by Crippen LogP contribution is 2.47. The normalized spacial score (nSPS) is 25.8. The average Bonchev–Trinajstić information content (AvgIpc) is 1.57. The predicted molar refractivity (Wildman–Crippen MR) is 386 cm³/mol. The van der Waals surface area contributed by atoms with E-state index in [0.717, 1.165) is 14.7 Å². The molecule has 6 aliphatic heterocycles. The van der Waals surface area contributed by atoms with Crippen LogP contribution in [0, 0.1) is 23.5 Å². The molecule has 6 heterocycles. The minimum absolute atomic E-state index is 0.0124. The number of cyclic esters (lactones) is 2. The van der Waals surface area contributed by atoms with Gasteiger partial charge in [-0.15, -0.1) is 13.2 Å². The Labute approximate surface area is 649 Å². The van der Waals surface area contributed by atoms with Gasteiger partial charge in [0.05, 0.1) is 36.7 Å². The van der Waals surface area contributed by atoms with E-state index in [4.69, 9.17) is 28.4 Å². The van der Waals surface area contributed by atoms with Gasteiger partial charge in [0.25, 0.3) is 23.6 Å². The number of likely N-dealkylation sites (N-methyl/N-ethyl adjacent to an activating group) is 1. The molecule has 4 aliphatic carbocycles. The monoisotopic (exact) mass is 1620 g/mol. The molecule has 2 aromatic rings. The van der Waals surface area contributed by atoms with Crippen molar-refractivity contribution in [1.82, 2.24) is 60.5 Å². The van der Waals surface area contributed by atoms with Crippen molar-refractivity contribution in [2.45, 2.75) is 226 Å². The predicted octanol–water partition coefficient (Wildman–Crippen LogP) is 1.61. The number of sulfonamides is 2. The Morgan fingerprint density at radius 3 is 1.37 bits per heavy atom. The number of benzene rings is 2. The third-order valence-electron chi connectivity index (χ3n) is 20.7. The van der Waals surface area contributed by atoms with Gasteiger partial charge in [-0.05, 0) is 103 Å². The van der Waals surface area contributed by atoms with Crippen LogP contribution in [0.15, 0.2) is 61.7 Å². The van der Waals surface area contributed by atoms with Crippen LogP contribution in [0.25, 0.3) is 0 Å². The summed E-state index contributed by atoms with van der Waals surface area (Å²) in [4.78, 5) is 192. The van der Waals surface area contributed by atoms with Gasteiger partial charge in [-0.3, -0.25) is 67.2 Å². The number of amides is 12. The molecule has 0 bridgehead atoms. The SMILES string of the molecule is C=C[C@@H]1C[C@]1(NC(=O)[C@@H]1C[C@@H](OC(=O)N2Cc3cccc(F)c3C2)CN1C(=O)[C@H](CN(C)C(=O)[C@@H]1CCC(=O)O1)NC(=O)OC(C)(C)C)C(=O)NS(=O)(=O)C1CC1.C=C[C@@H]1C[C@]1(NC(=O)[C@@H]1C[C@@H](OC(=O)N2Cc3cccc(F)c3C2)CN1C(=O)[C@H](CNC(=O)[C@H]1CCC(=O)O1)NC(=O)OC(C)(C)C)C(=O)NS(=O)(=O)C1CC1. The Hall–Kier alpha value is -10.5. The lowest BCUT2D eigenvalue weighted by atomic mass is 10.1. The number of halogens is 2. The topological polar surface area (TPSA) is 463 Å². The lowest BCUT2D eigenvalue weighted by Gasteiger charge is -2.32. The number of hydrogen-bond donors (Lipinski definition) is 7. The molecule has 12 atom stereocenters. The van der Waals surface area contributed by atoms with Crippen molar-refractivity contribution >= 4 is 104 Å². The number of esters is 2. The van der Waals surface area contributed by atoms with Crippen molar-refractivity contribution in [3.05, 3.63) is 95.6 Å². The van der Waals surface area contributed by atoms with Gasteiger partial charge >= 0.3 is 36.3 Å². The third-order valence-corrected chi connectivity index (χ3v) is 24.4. The van der Waals surface area contributed by atoms with Crippen LogP contribution in [0.1, 0.15) is 141 Å². The van der Waals surface area contributed by atoms with E-state index in [1.807, 2.05) is 0 Å². The number of fused-ring (bicyclic) bond motifs is 2. The fraction of sp³-hybridized carbons (Fsp3) is 0.589. The summed E-state index contributed by atoms with van der Waals surface area (Å²) in [7, 11) is -6.67. The van der Waals surface area contributed by atoms with E-state index < -0.39 is 228 Å². The molecule has 0 spiro atoms. The Morgan fingerprint density at radius 1 is 0.593 bits per heavy atom. The number of ether oxygens (including phenoxy) is 6. The maximum absolute atomic E-state index is 14.6. The first-order valence-electron chi connectivity index (χ1n) is 37.0. The van der Waals surface area contributed by atoms with Gasteiger partial charge in [0.15, 0.2) is 12.2 Å². The number of carbonyl (C=O) groups excluding carboxylic acids is 14. The molecule has 614 valence electrons. The minimum atomic E-state index is -4.00.